The molecule has 2 aromatic carbocycles. The van der Waals surface area contributed by atoms with E-state index in [0.717, 1.165) is 36.4 Å². The lowest BCUT2D eigenvalue weighted by Crippen LogP contribution is -2.49. The Kier molecular flexibility index (Phi) is 3.99. The smallest absolute Gasteiger partial charge is 0.223 e. The molecule has 0 radical (unpaired) electrons. The van der Waals surface area contributed by atoms with Crippen LogP contribution in [0.1, 0.15) is 53.6 Å². The van der Waals surface area contributed by atoms with Gasteiger partial charge in [0.1, 0.15) is 0 Å². The molecule has 1 aromatic heterocycles. The molecule has 1 spiro atoms. The van der Waals surface area contributed by atoms with Gasteiger partial charge < -0.3 is 9.42 Å². The normalized spacial score (nSPS) is 29.1. The van der Waals surface area contributed by atoms with Gasteiger partial charge in [-0.3, -0.25) is 4.79 Å². The zero-order chi connectivity index (χ0) is 21.3. The summed E-state index contributed by atoms with van der Waals surface area (Å²) in [6, 6.07) is 17.0. The Hall–Kier alpha value is -2.88. The molecule has 1 unspecified atom stereocenters. The monoisotopic (exact) mass is 412 g/mol. The van der Waals surface area contributed by atoms with Gasteiger partial charge in [0, 0.05) is 36.4 Å². The molecule has 158 valence electrons. The Morgan fingerprint density at radius 1 is 1.10 bits per heavy atom. The largest absolute Gasteiger partial charge is 0.356 e. The van der Waals surface area contributed by atoms with Crippen molar-refractivity contribution in [3.8, 4) is 11.3 Å². The number of aryl methyl sites for hydroxylation is 2. The van der Waals surface area contributed by atoms with Crippen LogP contribution in [0, 0.1) is 25.7 Å². The maximum absolute atomic E-state index is 13.2. The lowest BCUT2D eigenvalue weighted by atomic mass is 9.73. The second-order valence-electron chi connectivity index (χ2n) is 9.81. The number of amides is 1. The molecule has 4 heteroatoms. The highest BCUT2D eigenvalue weighted by Gasteiger charge is 2.64. The standard InChI is InChI=1S/C27H28N2O2/c1-16-11-20-9-10-29-25(30)13-22-26(18(3)15-27(22,29)21(20)12-17(16)2)23-14-24(31-28-23)19-7-5-4-6-8-19/h4-8,11-12,14,18,22,26H,9-10,13,15H2,1-3H3/t18-,22-,26+,27?/m0/s1. The van der Waals surface area contributed by atoms with Crippen molar-refractivity contribution in [1.29, 1.82) is 0 Å². The predicted molar refractivity (Wildman–Crippen MR) is 120 cm³/mol. The highest BCUT2D eigenvalue weighted by Crippen LogP contribution is 2.63. The zero-order valence-electron chi connectivity index (χ0n) is 18.4. The minimum atomic E-state index is -0.195. The third kappa shape index (κ3) is 2.54. The van der Waals surface area contributed by atoms with E-state index in [-0.39, 0.29) is 17.4 Å². The first-order valence-electron chi connectivity index (χ1n) is 11.4. The van der Waals surface area contributed by atoms with E-state index >= 15 is 0 Å². The molecule has 0 bridgehead atoms. The quantitative estimate of drug-likeness (QED) is 0.568. The summed E-state index contributed by atoms with van der Waals surface area (Å²) in [6.45, 7) is 7.54. The van der Waals surface area contributed by atoms with Crippen molar-refractivity contribution in [3.05, 3.63) is 76.5 Å². The maximum Gasteiger partial charge on any atom is 0.223 e. The first-order chi connectivity index (χ1) is 15.0. The summed E-state index contributed by atoms with van der Waals surface area (Å²) in [5.74, 6) is 2.01. The van der Waals surface area contributed by atoms with Crippen molar-refractivity contribution in [2.75, 3.05) is 6.54 Å². The first-order valence-corrected chi connectivity index (χ1v) is 11.4. The molecule has 4 atom stereocenters. The molecule has 2 aliphatic heterocycles. The van der Waals surface area contributed by atoms with E-state index in [2.05, 4.69) is 49.0 Å². The minimum Gasteiger partial charge on any atom is -0.356 e. The third-order valence-corrected chi connectivity index (χ3v) is 8.19. The number of hydrogen-bond acceptors (Lipinski definition) is 3. The van der Waals surface area contributed by atoms with Crippen LogP contribution in [0.5, 0.6) is 0 Å². The number of carbonyl (C=O) groups excluding carboxylic acids is 1. The Bertz CT molecular complexity index is 1180. The van der Waals surface area contributed by atoms with Gasteiger partial charge in [-0.05, 0) is 54.9 Å². The maximum atomic E-state index is 13.2. The average Bonchev–Trinajstić information content (AvgIpc) is 3.41. The Morgan fingerprint density at radius 3 is 2.68 bits per heavy atom. The van der Waals surface area contributed by atoms with E-state index in [4.69, 9.17) is 4.52 Å². The molecule has 3 aromatic rings. The van der Waals surface area contributed by atoms with Crippen LogP contribution in [0.3, 0.4) is 0 Å². The third-order valence-electron chi connectivity index (χ3n) is 8.19. The summed E-state index contributed by atoms with van der Waals surface area (Å²) in [6.07, 6.45) is 2.56. The van der Waals surface area contributed by atoms with E-state index in [1.165, 1.54) is 22.3 Å². The Labute approximate surface area is 183 Å². The topological polar surface area (TPSA) is 46.3 Å². The molecule has 0 N–H and O–H groups in total. The number of nitrogens with zero attached hydrogens (tertiary/aromatic N) is 2. The second-order valence-corrected chi connectivity index (χ2v) is 9.81. The summed E-state index contributed by atoms with van der Waals surface area (Å²) < 4.78 is 5.78. The first kappa shape index (κ1) is 18.9. The van der Waals surface area contributed by atoms with Crippen molar-refractivity contribution in [2.45, 2.75) is 51.5 Å². The van der Waals surface area contributed by atoms with Gasteiger partial charge >= 0.3 is 0 Å². The number of hydrogen-bond donors (Lipinski definition) is 0. The van der Waals surface area contributed by atoms with Gasteiger partial charge in [0.15, 0.2) is 5.76 Å². The van der Waals surface area contributed by atoms with Gasteiger partial charge in [-0.2, -0.15) is 0 Å². The highest BCUT2D eigenvalue weighted by molar-refractivity contribution is 5.82. The van der Waals surface area contributed by atoms with Crippen LogP contribution in [0.15, 0.2) is 53.1 Å². The lowest BCUT2D eigenvalue weighted by molar-refractivity contribution is -0.132. The average molecular weight is 413 g/mol. The zero-order valence-corrected chi connectivity index (χ0v) is 18.4. The van der Waals surface area contributed by atoms with E-state index in [1.54, 1.807) is 0 Å². The van der Waals surface area contributed by atoms with Crippen LogP contribution < -0.4 is 0 Å². The minimum absolute atomic E-state index is 0.195. The SMILES string of the molecule is Cc1cc2c(cc1C)C13C[C@H](C)[C@@H](c4cc(-c5ccccc5)on4)[C@@H]1CC(=O)N3CC2. The molecular formula is C27H28N2O2. The molecule has 1 aliphatic carbocycles. The fourth-order valence-corrected chi connectivity index (χ4v) is 6.77. The van der Waals surface area contributed by atoms with Crippen molar-refractivity contribution in [1.82, 2.24) is 10.1 Å². The van der Waals surface area contributed by atoms with E-state index in [9.17, 15) is 4.79 Å². The molecule has 3 heterocycles. The van der Waals surface area contributed by atoms with Crippen molar-refractivity contribution >= 4 is 5.91 Å². The van der Waals surface area contributed by atoms with Gasteiger partial charge in [-0.1, -0.05) is 54.5 Å². The van der Waals surface area contributed by atoms with Crippen LogP contribution in [-0.4, -0.2) is 22.5 Å². The summed E-state index contributed by atoms with van der Waals surface area (Å²) in [7, 11) is 0. The van der Waals surface area contributed by atoms with Gasteiger partial charge in [-0.15, -0.1) is 0 Å². The van der Waals surface area contributed by atoms with Crippen molar-refractivity contribution < 1.29 is 9.32 Å². The van der Waals surface area contributed by atoms with E-state index in [0.29, 0.717) is 18.2 Å². The van der Waals surface area contributed by atoms with Gasteiger partial charge in [0.2, 0.25) is 5.91 Å². The molecule has 4 nitrogen and oxygen atoms in total. The number of aromatic nitrogens is 1. The van der Waals surface area contributed by atoms with E-state index < -0.39 is 0 Å². The highest BCUT2D eigenvalue weighted by atomic mass is 16.5. The lowest BCUT2D eigenvalue weighted by Gasteiger charge is -2.45. The number of carbonyl (C=O) groups is 1. The predicted octanol–water partition coefficient (Wildman–Crippen LogP) is 5.38. The van der Waals surface area contributed by atoms with Crippen LogP contribution in [0.2, 0.25) is 0 Å². The molecule has 6 rings (SSSR count). The van der Waals surface area contributed by atoms with Crippen molar-refractivity contribution in [2.24, 2.45) is 11.8 Å². The van der Waals surface area contributed by atoms with Crippen LogP contribution in [-0.2, 0) is 16.8 Å². The molecular weight excluding hydrogens is 384 g/mol. The number of benzene rings is 2. The number of rotatable bonds is 2. The Morgan fingerprint density at radius 2 is 1.87 bits per heavy atom. The second kappa shape index (κ2) is 6.56. The fraction of sp³-hybridized carbons (Fsp3) is 0.407. The molecule has 31 heavy (non-hydrogen) atoms. The number of fused-ring (bicyclic) bond motifs is 1. The molecule has 1 amide bonds. The van der Waals surface area contributed by atoms with Gasteiger partial charge in [0.25, 0.3) is 0 Å². The van der Waals surface area contributed by atoms with Gasteiger partial charge in [-0.25, -0.2) is 0 Å². The fourth-order valence-electron chi connectivity index (χ4n) is 6.77. The summed E-state index contributed by atoms with van der Waals surface area (Å²) in [5, 5.41) is 4.53. The summed E-state index contributed by atoms with van der Waals surface area (Å²) >= 11 is 0. The van der Waals surface area contributed by atoms with Gasteiger partial charge in [0.05, 0.1) is 11.2 Å². The summed E-state index contributed by atoms with van der Waals surface area (Å²) in [4.78, 5) is 15.4. The molecule has 2 fully saturated rings. The van der Waals surface area contributed by atoms with Crippen LogP contribution >= 0.6 is 0 Å². The van der Waals surface area contributed by atoms with Crippen LogP contribution in [0.25, 0.3) is 11.3 Å². The van der Waals surface area contributed by atoms with Crippen molar-refractivity contribution in [3.63, 3.8) is 0 Å². The summed E-state index contributed by atoms with van der Waals surface area (Å²) in [5.41, 5.74) is 7.32. The molecule has 1 saturated carbocycles. The van der Waals surface area contributed by atoms with Crippen LogP contribution in [0.4, 0.5) is 0 Å². The van der Waals surface area contributed by atoms with E-state index in [1.807, 2.05) is 30.3 Å². The molecule has 1 saturated heterocycles. The molecule has 3 aliphatic rings. The Balaban J connectivity index is 1.46.